The molecule has 2 rings (SSSR count). The molecule has 0 fully saturated rings. The highest BCUT2D eigenvalue weighted by Gasteiger charge is 2.21. The first-order valence-electron chi connectivity index (χ1n) is 6.27. The molecule has 0 radical (unpaired) electrons. The molecule has 0 aromatic carbocycles. The largest absolute Gasteiger partial charge is 0.464 e. The van der Waals surface area contributed by atoms with Crippen molar-refractivity contribution in [2.45, 2.75) is 13.5 Å². The number of ether oxygens (including phenoxy) is 2. The summed E-state index contributed by atoms with van der Waals surface area (Å²) < 4.78 is 11.7. The first-order valence-corrected chi connectivity index (χ1v) is 6.27. The average molecular weight is 276 g/mol. The lowest BCUT2D eigenvalue weighted by Gasteiger charge is -2.07. The Morgan fingerprint density at radius 3 is 2.75 bits per heavy atom. The van der Waals surface area contributed by atoms with Crippen LogP contribution in [0.3, 0.4) is 0 Å². The van der Waals surface area contributed by atoms with Gasteiger partial charge in [0.2, 0.25) is 0 Å². The first-order chi connectivity index (χ1) is 9.77. The summed E-state index contributed by atoms with van der Waals surface area (Å²) in [6, 6.07) is 3.59. The van der Waals surface area contributed by atoms with Gasteiger partial charge in [-0.05, 0) is 19.1 Å². The topological polar surface area (TPSA) is 79.1 Å². The van der Waals surface area contributed by atoms with E-state index in [1.54, 1.807) is 29.2 Å². The Kier molecular flexibility index (Phi) is 4.78. The van der Waals surface area contributed by atoms with Crippen LogP contribution in [0.25, 0.3) is 11.3 Å². The quantitative estimate of drug-likeness (QED) is 0.582. The highest BCUT2D eigenvalue weighted by Crippen LogP contribution is 2.22. The van der Waals surface area contributed by atoms with E-state index in [1.165, 1.54) is 7.11 Å². The second kappa shape index (κ2) is 6.76. The number of pyridine rings is 1. The molecule has 0 N–H and O–H groups in total. The van der Waals surface area contributed by atoms with Crippen molar-refractivity contribution in [2.24, 2.45) is 0 Å². The SMILES string of the molecule is CCOCCn1nnc(C(=O)OC)c1-c1ccncc1. The van der Waals surface area contributed by atoms with Gasteiger partial charge in [0.05, 0.1) is 20.3 Å². The molecular weight excluding hydrogens is 260 g/mol. The molecule has 0 unspecified atom stereocenters. The van der Waals surface area contributed by atoms with Gasteiger partial charge in [0.1, 0.15) is 5.69 Å². The summed E-state index contributed by atoms with van der Waals surface area (Å²) >= 11 is 0. The number of rotatable bonds is 6. The zero-order valence-electron chi connectivity index (χ0n) is 11.4. The summed E-state index contributed by atoms with van der Waals surface area (Å²) in [6.07, 6.45) is 3.30. The van der Waals surface area contributed by atoms with Gasteiger partial charge in [0, 0.05) is 24.6 Å². The minimum Gasteiger partial charge on any atom is -0.464 e. The van der Waals surface area contributed by atoms with Crippen molar-refractivity contribution in [1.29, 1.82) is 0 Å². The summed E-state index contributed by atoms with van der Waals surface area (Å²) in [4.78, 5) is 15.7. The Labute approximate surface area is 116 Å². The van der Waals surface area contributed by atoms with E-state index < -0.39 is 5.97 Å². The molecule has 0 atom stereocenters. The van der Waals surface area contributed by atoms with E-state index in [0.717, 1.165) is 5.56 Å². The molecule has 0 bridgehead atoms. The Balaban J connectivity index is 2.38. The lowest BCUT2D eigenvalue weighted by molar-refractivity contribution is 0.0594. The Morgan fingerprint density at radius 2 is 2.10 bits per heavy atom. The number of esters is 1. The normalized spacial score (nSPS) is 10.5. The fourth-order valence-corrected chi connectivity index (χ4v) is 1.79. The maximum atomic E-state index is 11.8. The number of nitrogens with zero attached hydrogens (tertiary/aromatic N) is 4. The van der Waals surface area contributed by atoms with E-state index in [0.29, 0.717) is 25.5 Å². The molecule has 106 valence electrons. The van der Waals surface area contributed by atoms with Crippen LogP contribution < -0.4 is 0 Å². The summed E-state index contributed by atoms with van der Waals surface area (Å²) in [5.74, 6) is -0.514. The van der Waals surface area contributed by atoms with Gasteiger partial charge in [-0.25, -0.2) is 9.48 Å². The van der Waals surface area contributed by atoms with Crippen molar-refractivity contribution in [1.82, 2.24) is 20.0 Å². The fourth-order valence-electron chi connectivity index (χ4n) is 1.79. The summed E-state index contributed by atoms with van der Waals surface area (Å²) in [6.45, 7) is 3.56. The van der Waals surface area contributed by atoms with Gasteiger partial charge in [0.25, 0.3) is 0 Å². The van der Waals surface area contributed by atoms with Gasteiger partial charge in [0.15, 0.2) is 5.69 Å². The summed E-state index contributed by atoms with van der Waals surface area (Å²) in [7, 11) is 1.32. The monoisotopic (exact) mass is 276 g/mol. The van der Waals surface area contributed by atoms with Gasteiger partial charge < -0.3 is 9.47 Å². The molecule has 0 aliphatic heterocycles. The van der Waals surface area contributed by atoms with Gasteiger partial charge >= 0.3 is 5.97 Å². The average Bonchev–Trinajstić information content (AvgIpc) is 2.91. The zero-order chi connectivity index (χ0) is 14.4. The smallest absolute Gasteiger partial charge is 0.360 e. The second-order valence-electron chi connectivity index (χ2n) is 3.93. The molecule has 7 heteroatoms. The Morgan fingerprint density at radius 1 is 1.35 bits per heavy atom. The van der Waals surface area contributed by atoms with Crippen LogP contribution >= 0.6 is 0 Å². The van der Waals surface area contributed by atoms with E-state index in [9.17, 15) is 4.79 Å². The molecule has 2 heterocycles. The minimum absolute atomic E-state index is 0.190. The van der Waals surface area contributed by atoms with E-state index in [-0.39, 0.29) is 5.69 Å². The van der Waals surface area contributed by atoms with Gasteiger partial charge in [-0.3, -0.25) is 4.98 Å². The van der Waals surface area contributed by atoms with Gasteiger partial charge in [-0.2, -0.15) is 0 Å². The van der Waals surface area contributed by atoms with Crippen LogP contribution in [0, 0.1) is 0 Å². The molecule has 0 saturated carbocycles. The third kappa shape index (κ3) is 3.00. The molecule has 0 aliphatic carbocycles. The molecule has 7 nitrogen and oxygen atoms in total. The predicted octanol–water partition coefficient (Wildman–Crippen LogP) is 1.16. The molecule has 0 amide bonds. The van der Waals surface area contributed by atoms with Crippen molar-refractivity contribution in [3.63, 3.8) is 0 Å². The molecule has 2 aromatic rings. The Bertz CT molecular complexity index is 568. The van der Waals surface area contributed by atoms with E-state index in [2.05, 4.69) is 15.3 Å². The van der Waals surface area contributed by atoms with Crippen LogP contribution in [0.4, 0.5) is 0 Å². The number of carbonyl (C=O) groups excluding carboxylic acids is 1. The number of carbonyl (C=O) groups is 1. The number of hydrogen-bond donors (Lipinski definition) is 0. The van der Waals surface area contributed by atoms with E-state index in [4.69, 9.17) is 9.47 Å². The van der Waals surface area contributed by atoms with Crippen molar-refractivity contribution in [3.8, 4) is 11.3 Å². The number of methoxy groups -OCH3 is 1. The molecule has 20 heavy (non-hydrogen) atoms. The molecule has 0 saturated heterocycles. The van der Waals surface area contributed by atoms with Crippen molar-refractivity contribution in [2.75, 3.05) is 20.3 Å². The molecular formula is C13H16N4O3. The van der Waals surface area contributed by atoms with Crippen LogP contribution in [0.5, 0.6) is 0 Å². The van der Waals surface area contributed by atoms with Crippen molar-refractivity contribution < 1.29 is 14.3 Å². The summed E-state index contributed by atoms with van der Waals surface area (Å²) in [5, 5.41) is 7.90. The van der Waals surface area contributed by atoms with Crippen molar-refractivity contribution >= 4 is 5.97 Å². The zero-order valence-corrected chi connectivity index (χ0v) is 11.4. The Hall–Kier alpha value is -2.28. The van der Waals surface area contributed by atoms with E-state index in [1.807, 2.05) is 6.92 Å². The van der Waals surface area contributed by atoms with Crippen LogP contribution in [-0.4, -0.2) is 46.3 Å². The van der Waals surface area contributed by atoms with E-state index >= 15 is 0 Å². The van der Waals surface area contributed by atoms with Crippen molar-refractivity contribution in [3.05, 3.63) is 30.2 Å². The molecule has 2 aromatic heterocycles. The number of aromatic nitrogens is 4. The second-order valence-corrected chi connectivity index (χ2v) is 3.93. The number of hydrogen-bond acceptors (Lipinski definition) is 6. The standard InChI is InChI=1S/C13H16N4O3/c1-3-20-9-8-17-12(10-4-6-14-7-5-10)11(15-16-17)13(18)19-2/h4-7H,3,8-9H2,1-2H3. The lowest BCUT2D eigenvalue weighted by Crippen LogP contribution is -2.10. The minimum atomic E-state index is -0.514. The molecule has 0 aliphatic rings. The van der Waals surface area contributed by atoms with Gasteiger partial charge in [-0.1, -0.05) is 5.21 Å². The highest BCUT2D eigenvalue weighted by atomic mass is 16.5. The van der Waals surface area contributed by atoms with Crippen LogP contribution in [0.1, 0.15) is 17.4 Å². The van der Waals surface area contributed by atoms with Crippen LogP contribution in [0.2, 0.25) is 0 Å². The maximum Gasteiger partial charge on any atom is 0.360 e. The first kappa shape index (κ1) is 14.1. The predicted molar refractivity (Wildman–Crippen MR) is 71.1 cm³/mol. The van der Waals surface area contributed by atoms with Crippen LogP contribution in [0.15, 0.2) is 24.5 Å². The highest BCUT2D eigenvalue weighted by molar-refractivity contribution is 5.93. The van der Waals surface area contributed by atoms with Crippen LogP contribution in [-0.2, 0) is 16.0 Å². The van der Waals surface area contributed by atoms with Gasteiger partial charge in [-0.15, -0.1) is 5.10 Å². The third-order valence-electron chi connectivity index (χ3n) is 2.72. The maximum absolute atomic E-state index is 11.8. The lowest BCUT2D eigenvalue weighted by atomic mass is 10.1. The summed E-state index contributed by atoms with van der Waals surface area (Å²) in [5.41, 5.74) is 1.61. The molecule has 0 spiro atoms. The fraction of sp³-hybridized carbons (Fsp3) is 0.385. The third-order valence-corrected chi connectivity index (χ3v) is 2.72.